The maximum Gasteiger partial charge on any atom is 0.416 e. The van der Waals surface area contributed by atoms with Gasteiger partial charge in [-0.05, 0) is 60.5 Å². The van der Waals surface area contributed by atoms with E-state index in [0.29, 0.717) is 42.4 Å². The summed E-state index contributed by atoms with van der Waals surface area (Å²) in [6, 6.07) is 18.9. The van der Waals surface area contributed by atoms with Gasteiger partial charge in [-0.15, -0.1) is 0 Å². The molecule has 0 unspecified atom stereocenters. The van der Waals surface area contributed by atoms with E-state index in [4.69, 9.17) is 30.5 Å². The summed E-state index contributed by atoms with van der Waals surface area (Å²) in [6.45, 7) is 2.46. The van der Waals surface area contributed by atoms with Crippen LogP contribution >= 0.6 is 11.6 Å². The van der Waals surface area contributed by atoms with Gasteiger partial charge in [0.2, 0.25) is 5.75 Å². The number of halogens is 4. The molecule has 4 rings (SSSR count). The van der Waals surface area contributed by atoms with Crippen molar-refractivity contribution in [2.75, 3.05) is 13.7 Å². The summed E-state index contributed by atoms with van der Waals surface area (Å²) in [4.78, 5) is 23.2. The number of rotatable bonds is 12. The summed E-state index contributed by atoms with van der Waals surface area (Å²) in [7, 11) is 1.27. The molecule has 4 aromatic carbocycles. The second-order valence-electron chi connectivity index (χ2n) is 9.14. The molecule has 234 valence electrons. The Labute approximate surface area is 260 Å². The summed E-state index contributed by atoms with van der Waals surface area (Å²) in [5.74, 6) is -0.366. The summed E-state index contributed by atoms with van der Waals surface area (Å²) in [5.41, 5.74) is 1.82. The highest BCUT2D eigenvalue weighted by molar-refractivity contribution is 6.32. The number of nitrogens with one attached hydrogen (secondary N) is 1. The summed E-state index contributed by atoms with van der Waals surface area (Å²) in [5, 5.41) is 15.3. The number of carbonyl (C=O) groups is 1. The van der Waals surface area contributed by atoms with Crippen molar-refractivity contribution < 1.29 is 41.8 Å². The van der Waals surface area contributed by atoms with Gasteiger partial charge in [-0.3, -0.25) is 14.9 Å². The van der Waals surface area contributed by atoms with Gasteiger partial charge in [0, 0.05) is 11.6 Å². The molecule has 0 saturated heterocycles. The summed E-state index contributed by atoms with van der Waals surface area (Å²) >= 11 is 6.33. The maximum absolute atomic E-state index is 13.1. The van der Waals surface area contributed by atoms with Crippen molar-refractivity contribution in [3.05, 3.63) is 116 Å². The van der Waals surface area contributed by atoms with Crippen molar-refractivity contribution in [2.24, 2.45) is 5.10 Å². The first-order chi connectivity index (χ1) is 21.5. The number of ether oxygens (including phenoxy) is 4. The van der Waals surface area contributed by atoms with Gasteiger partial charge in [-0.2, -0.15) is 18.3 Å². The van der Waals surface area contributed by atoms with Gasteiger partial charge in [0.05, 0.1) is 35.4 Å². The number of hydrazone groups is 1. The zero-order valence-electron chi connectivity index (χ0n) is 23.8. The van der Waals surface area contributed by atoms with Crippen LogP contribution in [-0.2, 0) is 12.8 Å². The van der Waals surface area contributed by atoms with E-state index in [1.54, 1.807) is 19.1 Å². The fourth-order valence-corrected chi connectivity index (χ4v) is 4.21. The smallest absolute Gasteiger partial charge is 0.416 e. The molecule has 4 aromatic rings. The molecule has 0 aliphatic carbocycles. The van der Waals surface area contributed by atoms with Gasteiger partial charge < -0.3 is 18.9 Å². The Morgan fingerprint density at radius 3 is 2.38 bits per heavy atom. The van der Waals surface area contributed by atoms with Crippen LogP contribution in [0.15, 0.2) is 84.0 Å². The quantitative estimate of drug-likeness (QED) is 0.0949. The summed E-state index contributed by atoms with van der Waals surface area (Å²) in [6.07, 6.45) is -3.53. The maximum atomic E-state index is 13.1. The van der Waals surface area contributed by atoms with Crippen LogP contribution in [0, 0.1) is 10.1 Å². The predicted molar refractivity (Wildman–Crippen MR) is 160 cm³/mol. The van der Waals surface area contributed by atoms with Crippen molar-refractivity contribution in [1.29, 1.82) is 0 Å². The molecule has 0 fully saturated rings. The number of carbonyl (C=O) groups excluding carboxylic acids is 1. The first kappa shape index (κ1) is 32.6. The molecule has 1 amide bonds. The average Bonchev–Trinajstić information content (AvgIpc) is 3.01. The lowest BCUT2D eigenvalue weighted by atomic mass is 10.1. The largest absolute Gasteiger partial charge is 0.493 e. The second-order valence-corrected chi connectivity index (χ2v) is 9.55. The van der Waals surface area contributed by atoms with Gasteiger partial charge in [-0.1, -0.05) is 41.9 Å². The number of nitro benzene ring substituents is 1. The predicted octanol–water partition coefficient (Wildman–Crippen LogP) is 7.81. The normalized spacial score (nSPS) is 11.2. The molecule has 1 N–H and O–H groups in total. The van der Waals surface area contributed by atoms with Crippen LogP contribution in [0.3, 0.4) is 0 Å². The molecule has 0 radical (unpaired) electrons. The minimum atomic E-state index is -4.79. The Kier molecular flexibility index (Phi) is 10.5. The Hall–Kier alpha value is -5.30. The van der Waals surface area contributed by atoms with E-state index >= 15 is 0 Å². The zero-order chi connectivity index (χ0) is 32.6. The van der Waals surface area contributed by atoms with Crippen LogP contribution in [0.25, 0.3) is 0 Å². The lowest BCUT2D eigenvalue weighted by Crippen LogP contribution is -2.17. The zero-order valence-corrected chi connectivity index (χ0v) is 24.5. The van der Waals surface area contributed by atoms with E-state index in [1.165, 1.54) is 31.5 Å². The number of hydrogen-bond donors (Lipinski definition) is 1. The number of hydrogen-bond acceptors (Lipinski definition) is 8. The molecule has 0 heterocycles. The van der Waals surface area contributed by atoms with E-state index in [2.05, 4.69) is 10.5 Å². The number of alkyl halides is 3. The molecule has 0 aliphatic rings. The van der Waals surface area contributed by atoms with Crippen LogP contribution in [0.5, 0.6) is 28.7 Å². The van der Waals surface area contributed by atoms with Crippen LogP contribution in [0.2, 0.25) is 5.02 Å². The van der Waals surface area contributed by atoms with Crippen LogP contribution < -0.4 is 24.4 Å². The number of nitro groups is 1. The van der Waals surface area contributed by atoms with E-state index in [0.717, 1.165) is 11.6 Å². The highest BCUT2D eigenvalue weighted by atomic mass is 35.5. The van der Waals surface area contributed by atoms with Crippen molar-refractivity contribution in [1.82, 2.24) is 5.43 Å². The van der Waals surface area contributed by atoms with Crippen LogP contribution in [-0.4, -0.2) is 30.8 Å². The molecule has 0 aromatic heterocycles. The summed E-state index contributed by atoms with van der Waals surface area (Å²) < 4.78 is 61.5. The molecular weight excluding hydrogens is 619 g/mol. The first-order valence-electron chi connectivity index (χ1n) is 13.2. The van der Waals surface area contributed by atoms with E-state index in [-0.39, 0.29) is 22.1 Å². The number of amides is 1. The highest BCUT2D eigenvalue weighted by Gasteiger charge is 2.33. The third-order valence-corrected chi connectivity index (χ3v) is 6.35. The molecular formula is C31H25ClF3N3O7. The number of nitrogens with zero attached hydrogens (tertiary/aromatic N) is 2. The Balaban J connectivity index is 1.48. The van der Waals surface area contributed by atoms with E-state index < -0.39 is 34.0 Å². The topological polar surface area (TPSA) is 122 Å². The van der Waals surface area contributed by atoms with Gasteiger partial charge >= 0.3 is 11.9 Å². The average molecular weight is 644 g/mol. The van der Waals surface area contributed by atoms with Crippen molar-refractivity contribution in [3.63, 3.8) is 0 Å². The molecule has 0 bridgehead atoms. The molecule has 0 saturated carbocycles. The Morgan fingerprint density at radius 1 is 0.978 bits per heavy atom. The molecule has 0 atom stereocenters. The van der Waals surface area contributed by atoms with E-state index in [9.17, 15) is 28.1 Å². The molecule has 0 aliphatic heterocycles. The number of methoxy groups -OCH3 is 1. The SMILES string of the molecule is CCOc1cc(C(=O)N/N=C/c2cc(Cl)c(Oc3ccc(C(F)(F)F)cc3[N+](=O)[O-])c(OC)c2)ccc1OCc1ccccc1. The highest BCUT2D eigenvalue weighted by Crippen LogP contribution is 2.43. The fourth-order valence-electron chi connectivity index (χ4n) is 3.95. The van der Waals surface area contributed by atoms with Crippen LogP contribution in [0.1, 0.15) is 34.0 Å². The van der Waals surface area contributed by atoms with E-state index in [1.807, 2.05) is 30.3 Å². The molecule has 10 nitrogen and oxygen atoms in total. The molecule has 14 heteroatoms. The Morgan fingerprint density at radius 2 is 1.71 bits per heavy atom. The van der Waals surface area contributed by atoms with Crippen LogP contribution in [0.4, 0.5) is 18.9 Å². The molecule has 0 spiro atoms. The van der Waals surface area contributed by atoms with Gasteiger partial charge in [0.1, 0.15) is 6.61 Å². The minimum absolute atomic E-state index is 0.00285. The first-order valence-corrected chi connectivity index (χ1v) is 13.6. The third kappa shape index (κ3) is 8.42. The second kappa shape index (κ2) is 14.4. The van der Waals surface area contributed by atoms with Gasteiger partial charge in [-0.25, -0.2) is 5.43 Å². The van der Waals surface area contributed by atoms with Crippen molar-refractivity contribution >= 4 is 29.4 Å². The fraction of sp³-hybridized carbons (Fsp3) is 0.161. The van der Waals surface area contributed by atoms with Crippen molar-refractivity contribution in [3.8, 4) is 28.7 Å². The monoisotopic (exact) mass is 643 g/mol. The number of benzene rings is 4. The Bertz CT molecular complexity index is 1720. The van der Waals surface area contributed by atoms with Gasteiger partial charge in [0.15, 0.2) is 23.0 Å². The molecule has 45 heavy (non-hydrogen) atoms. The standard InChI is InChI=1S/C31H25ClF3N3O7/c1-3-43-27-15-21(9-11-26(27)44-18-19-7-5-4-6-8-19)30(39)37-36-17-20-13-23(32)29(28(14-20)42-2)45-25-12-10-22(31(33,34)35)16-24(25)38(40)41/h4-17H,3,18H2,1-2H3,(H,37,39)/b36-17+. The third-order valence-electron chi connectivity index (χ3n) is 6.07. The minimum Gasteiger partial charge on any atom is -0.493 e. The lowest BCUT2D eigenvalue weighted by molar-refractivity contribution is -0.385. The van der Waals surface area contributed by atoms with Gasteiger partial charge in [0.25, 0.3) is 5.91 Å². The van der Waals surface area contributed by atoms with Crippen molar-refractivity contribution in [2.45, 2.75) is 19.7 Å². The lowest BCUT2D eigenvalue weighted by Gasteiger charge is -2.14.